The van der Waals surface area contributed by atoms with Crippen molar-refractivity contribution in [3.63, 3.8) is 0 Å². The van der Waals surface area contributed by atoms with Gasteiger partial charge in [-0.15, -0.1) is 0 Å². The van der Waals surface area contributed by atoms with Gasteiger partial charge in [-0.05, 0) is 30.7 Å². The first kappa shape index (κ1) is 15.4. The van der Waals surface area contributed by atoms with Crippen LogP contribution in [0, 0.1) is 0 Å². The van der Waals surface area contributed by atoms with E-state index < -0.39 is 0 Å². The van der Waals surface area contributed by atoms with Gasteiger partial charge in [-0.3, -0.25) is 4.99 Å². The molecule has 5 nitrogen and oxygen atoms in total. The summed E-state index contributed by atoms with van der Waals surface area (Å²) < 4.78 is 5.31. The fraction of sp³-hybridized carbons (Fsp3) is 0.200. The quantitative estimate of drug-likeness (QED) is 0.906. The Morgan fingerprint density at radius 3 is 2.88 bits per heavy atom. The third kappa shape index (κ3) is 2.67. The number of benzene rings is 1. The molecule has 25 heavy (non-hydrogen) atoms. The molecular formula is C20H20N4O. The number of methoxy groups -OCH3 is 1. The lowest BCUT2D eigenvalue weighted by atomic mass is 9.90. The highest BCUT2D eigenvalue weighted by Crippen LogP contribution is 2.30. The number of anilines is 1. The molecule has 3 N–H and O–H groups in total. The summed E-state index contributed by atoms with van der Waals surface area (Å²) in [5.41, 5.74) is 8.74. The Morgan fingerprint density at radius 1 is 1.20 bits per heavy atom. The average molecular weight is 332 g/mol. The predicted octanol–water partition coefficient (Wildman–Crippen LogP) is 2.94. The Morgan fingerprint density at radius 2 is 2.08 bits per heavy atom. The summed E-state index contributed by atoms with van der Waals surface area (Å²) in [5, 5.41) is 3.49. The Labute approximate surface area is 147 Å². The van der Waals surface area contributed by atoms with Crippen LogP contribution in [0.15, 0.2) is 65.8 Å². The number of amidine groups is 1. The van der Waals surface area contributed by atoms with Gasteiger partial charge < -0.3 is 15.8 Å². The minimum absolute atomic E-state index is 0.0624. The molecular weight excluding hydrogens is 312 g/mol. The number of aliphatic imine (C=N–C) groups is 1. The molecule has 5 heteroatoms. The first-order chi connectivity index (χ1) is 12.1. The number of aromatic nitrogens is 1. The van der Waals surface area contributed by atoms with Gasteiger partial charge in [-0.1, -0.05) is 36.4 Å². The molecule has 2 aliphatic rings. The summed E-state index contributed by atoms with van der Waals surface area (Å²) in [4.78, 5) is 9.18. The van der Waals surface area contributed by atoms with Crippen molar-refractivity contribution >= 4 is 11.7 Å². The smallest absolute Gasteiger partial charge is 0.134 e. The van der Waals surface area contributed by atoms with Gasteiger partial charge in [0.2, 0.25) is 0 Å². The number of nitrogens with two attached hydrogens (primary N) is 1. The van der Waals surface area contributed by atoms with Crippen molar-refractivity contribution in [1.29, 1.82) is 0 Å². The van der Waals surface area contributed by atoms with Crippen LogP contribution < -0.4 is 15.8 Å². The van der Waals surface area contributed by atoms with Gasteiger partial charge in [-0.25, -0.2) is 4.98 Å². The van der Waals surface area contributed by atoms with E-state index in [4.69, 9.17) is 15.5 Å². The normalized spacial score (nSPS) is 23.8. The first-order valence-electron chi connectivity index (χ1n) is 8.21. The Hall–Kier alpha value is -3.08. The number of rotatable bonds is 3. The molecule has 1 aliphatic heterocycles. The molecule has 1 aliphatic carbocycles. The van der Waals surface area contributed by atoms with E-state index in [1.807, 2.05) is 42.5 Å². The van der Waals surface area contributed by atoms with Crippen molar-refractivity contribution in [2.75, 3.05) is 12.8 Å². The first-order valence-corrected chi connectivity index (χ1v) is 8.21. The zero-order valence-electron chi connectivity index (χ0n) is 14.2. The summed E-state index contributed by atoms with van der Waals surface area (Å²) in [6.45, 7) is 2.13. The predicted molar refractivity (Wildman–Crippen MR) is 101 cm³/mol. The van der Waals surface area contributed by atoms with Gasteiger partial charge in [0.25, 0.3) is 0 Å². The highest BCUT2D eigenvalue weighted by Gasteiger charge is 2.38. The molecule has 0 bridgehead atoms. The van der Waals surface area contributed by atoms with Gasteiger partial charge >= 0.3 is 0 Å². The van der Waals surface area contributed by atoms with Crippen molar-refractivity contribution in [1.82, 2.24) is 10.3 Å². The minimum atomic E-state index is -0.220. The SMILES string of the molecule is COc1cccc(-c2cnc(N)c(C3=NC4C=CC=CC4(C)N3)c2)c1. The van der Waals surface area contributed by atoms with Crippen molar-refractivity contribution in [2.24, 2.45) is 4.99 Å². The van der Waals surface area contributed by atoms with E-state index in [1.165, 1.54) is 0 Å². The van der Waals surface area contributed by atoms with E-state index in [2.05, 4.69) is 29.4 Å². The third-order valence-corrected chi connectivity index (χ3v) is 4.69. The summed E-state index contributed by atoms with van der Waals surface area (Å²) >= 11 is 0. The molecule has 0 fully saturated rings. The monoisotopic (exact) mass is 332 g/mol. The highest BCUT2D eigenvalue weighted by atomic mass is 16.5. The van der Waals surface area contributed by atoms with E-state index in [9.17, 15) is 0 Å². The van der Waals surface area contributed by atoms with Crippen molar-refractivity contribution in [3.8, 4) is 16.9 Å². The topological polar surface area (TPSA) is 72.5 Å². The number of pyridine rings is 1. The van der Waals surface area contributed by atoms with Crippen LogP contribution in [0.1, 0.15) is 12.5 Å². The number of hydrogen-bond donors (Lipinski definition) is 2. The van der Waals surface area contributed by atoms with E-state index in [-0.39, 0.29) is 11.6 Å². The van der Waals surface area contributed by atoms with Gasteiger partial charge in [0, 0.05) is 11.8 Å². The van der Waals surface area contributed by atoms with Crippen LogP contribution in [0.4, 0.5) is 5.82 Å². The number of nitrogens with one attached hydrogen (secondary N) is 1. The van der Waals surface area contributed by atoms with Gasteiger partial charge in [-0.2, -0.15) is 0 Å². The van der Waals surface area contributed by atoms with Crippen LogP contribution in [0.5, 0.6) is 5.75 Å². The van der Waals surface area contributed by atoms with Crippen molar-refractivity contribution in [2.45, 2.75) is 18.5 Å². The summed E-state index contributed by atoms with van der Waals surface area (Å²) in [6.07, 6.45) is 10.1. The number of hydrogen-bond acceptors (Lipinski definition) is 5. The lowest BCUT2D eigenvalue weighted by Gasteiger charge is -2.27. The molecule has 2 heterocycles. The summed E-state index contributed by atoms with van der Waals surface area (Å²) in [5.74, 6) is 2.05. The van der Waals surface area contributed by atoms with Crippen LogP contribution in [-0.4, -0.2) is 29.5 Å². The second-order valence-corrected chi connectivity index (χ2v) is 6.46. The van der Waals surface area contributed by atoms with E-state index in [0.717, 1.165) is 28.3 Å². The summed E-state index contributed by atoms with van der Waals surface area (Å²) in [7, 11) is 1.66. The number of allylic oxidation sites excluding steroid dienone is 2. The molecule has 0 radical (unpaired) electrons. The Balaban J connectivity index is 1.74. The van der Waals surface area contributed by atoms with Gasteiger partial charge in [0.15, 0.2) is 0 Å². The van der Waals surface area contributed by atoms with Gasteiger partial charge in [0.05, 0.1) is 24.3 Å². The van der Waals surface area contributed by atoms with E-state index in [1.54, 1.807) is 13.3 Å². The number of fused-ring (bicyclic) bond motifs is 1. The molecule has 0 saturated heterocycles. The maximum atomic E-state index is 6.14. The lowest BCUT2D eigenvalue weighted by molar-refractivity contribution is 0.415. The van der Waals surface area contributed by atoms with E-state index >= 15 is 0 Å². The maximum absolute atomic E-state index is 6.14. The lowest BCUT2D eigenvalue weighted by Crippen LogP contribution is -2.46. The average Bonchev–Trinajstić information content (AvgIpc) is 2.99. The van der Waals surface area contributed by atoms with Crippen LogP contribution in [0.3, 0.4) is 0 Å². The number of nitrogen functional groups attached to an aromatic ring is 1. The second-order valence-electron chi connectivity index (χ2n) is 6.46. The third-order valence-electron chi connectivity index (χ3n) is 4.69. The standard InChI is InChI=1S/C20H20N4O/c1-20-9-4-3-8-17(20)23-19(24-20)16-11-14(12-22-18(16)21)13-6-5-7-15(10-13)25-2/h3-12,17H,1-2H3,(H2,21,22)(H,23,24). The second kappa shape index (κ2) is 5.77. The molecule has 0 saturated carbocycles. The van der Waals surface area contributed by atoms with Crippen molar-refractivity contribution in [3.05, 3.63) is 66.4 Å². The van der Waals surface area contributed by atoms with Gasteiger partial charge in [0.1, 0.15) is 17.4 Å². The molecule has 4 rings (SSSR count). The highest BCUT2D eigenvalue weighted by molar-refractivity contribution is 6.05. The molecule has 2 atom stereocenters. The minimum Gasteiger partial charge on any atom is -0.497 e. The number of nitrogens with zero attached hydrogens (tertiary/aromatic N) is 2. The van der Waals surface area contributed by atoms with Crippen LogP contribution in [0.2, 0.25) is 0 Å². The maximum Gasteiger partial charge on any atom is 0.134 e. The fourth-order valence-corrected chi connectivity index (χ4v) is 3.20. The molecule has 126 valence electrons. The molecule has 2 unspecified atom stereocenters. The zero-order chi connectivity index (χ0) is 17.4. The zero-order valence-corrected chi connectivity index (χ0v) is 14.2. The molecule has 0 spiro atoms. The van der Waals surface area contributed by atoms with Crippen LogP contribution >= 0.6 is 0 Å². The Kier molecular flexibility index (Phi) is 3.57. The van der Waals surface area contributed by atoms with Crippen molar-refractivity contribution < 1.29 is 4.74 Å². The summed E-state index contributed by atoms with van der Waals surface area (Å²) in [6, 6.07) is 9.97. The molecule has 1 aromatic heterocycles. The fourth-order valence-electron chi connectivity index (χ4n) is 3.20. The number of ether oxygens (including phenoxy) is 1. The molecule has 1 aromatic carbocycles. The van der Waals surface area contributed by atoms with Crippen LogP contribution in [0.25, 0.3) is 11.1 Å². The molecule has 2 aromatic rings. The van der Waals surface area contributed by atoms with Crippen LogP contribution in [-0.2, 0) is 0 Å². The Bertz CT molecular complexity index is 916. The largest absolute Gasteiger partial charge is 0.497 e. The van der Waals surface area contributed by atoms with E-state index in [0.29, 0.717) is 5.82 Å². The molecule has 0 amide bonds.